The molecule has 0 aliphatic carbocycles. The molecule has 1 rings (SSSR count). The SMILES string of the molecule is C=Cc1nc(C(C)(CCCC)CCCC)c[nH]1. The Bertz CT molecular complexity index is 330. The molecule has 0 saturated carbocycles. The lowest BCUT2D eigenvalue weighted by Crippen LogP contribution is -2.22. The molecule has 0 aromatic carbocycles. The van der Waals surface area contributed by atoms with E-state index in [-0.39, 0.29) is 5.41 Å². The summed E-state index contributed by atoms with van der Waals surface area (Å²) in [5.41, 5.74) is 1.43. The van der Waals surface area contributed by atoms with E-state index in [0.717, 1.165) is 5.82 Å². The molecule has 0 fully saturated rings. The first-order valence-corrected chi connectivity index (χ1v) is 6.84. The van der Waals surface area contributed by atoms with Crippen LogP contribution in [0, 0.1) is 0 Å². The number of unbranched alkanes of at least 4 members (excludes halogenated alkanes) is 2. The molecule has 0 radical (unpaired) electrons. The van der Waals surface area contributed by atoms with E-state index in [1.807, 2.05) is 0 Å². The van der Waals surface area contributed by atoms with E-state index in [1.54, 1.807) is 6.08 Å². The first-order valence-electron chi connectivity index (χ1n) is 6.84. The molecule has 2 nitrogen and oxygen atoms in total. The highest BCUT2D eigenvalue weighted by Crippen LogP contribution is 2.33. The van der Waals surface area contributed by atoms with Crippen LogP contribution >= 0.6 is 0 Å². The third-order valence-corrected chi connectivity index (χ3v) is 3.57. The van der Waals surface area contributed by atoms with E-state index in [2.05, 4.69) is 43.5 Å². The summed E-state index contributed by atoms with van der Waals surface area (Å²) in [6.45, 7) is 10.6. The molecular formula is C15H26N2. The van der Waals surface area contributed by atoms with Gasteiger partial charge in [-0.2, -0.15) is 0 Å². The Morgan fingerprint density at radius 1 is 1.29 bits per heavy atom. The van der Waals surface area contributed by atoms with Crippen molar-refractivity contribution < 1.29 is 0 Å². The van der Waals surface area contributed by atoms with Crippen molar-refractivity contribution in [3.05, 3.63) is 24.3 Å². The van der Waals surface area contributed by atoms with Crippen LogP contribution < -0.4 is 0 Å². The maximum Gasteiger partial charge on any atom is 0.129 e. The number of imidazole rings is 1. The fraction of sp³-hybridized carbons (Fsp3) is 0.667. The Kier molecular flexibility index (Phi) is 5.46. The highest BCUT2D eigenvalue weighted by Gasteiger charge is 2.27. The molecule has 1 heterocycles. The van der Waals surface area contributed by atoms with Crippen molar-refractivity contribution in [2.75, 3.05) is 0 Å². The molecule has 0 amide bonds. The quantitative estimate of drug-likeness (QED) is 0.694. The third-order valence-electron chi connectivity index (χ3n) is 3.57. The number of H-pyrrole nitrogens is 1. The maximum atomic E-state index is 4.63. The van der Waals surface area contributed by atoms with Gasteiger partial charge in [-0.1, -0.05) is 53.0 Å². The molecule has 0 bridgehead atoms. The Morgan fingerprint density at radius 3 is 2.29 bits per heavy atom. The van der Waals surface area contributed by atoms with Gasteiger partial charge in [-0.15, -0.1) is 0 Å². The van der Waals surface area contributed by atoms with Gasteiger partial charge in [0.25, 0.3) is 0 Å². The van der Waals surface area contributed by atoms with Gasteiger partial charge in [0.1, 0.15) is 5.82 Å². The van der Waals surface area contributed by atoms with Gasteiger partial charge in [0, 0.05) is 11.6 Å². The molecule has 17 heavy (non-hydrogen) atoms. The molecule has 0 aliphatic rings. The first kappa shape index (κ1) is 14.0. The summed E-state index contributed by atoms with van der Waals surface area (Å²) in [4.78, 5) is 7.82. The second-order valence-corrected chi connectivity index (χ2v) is 5.14. The van der Waals surface area contributed by atoms with Crippen molar-refractivity contribution in [3.8, 4) is 0 Å². The summed E-state index contributed by atoms with van der Waals surface area (Å²) in [5, 5.41) is 0. The molecule has 0 atom stereocenters. The molecule has 0 saturated heterocycles. The number of aromatic nitrogens is 2. The summed E-state index contributed by atoms with van der Waals surface area (Å²) in [7, 11) is 0. The minimum absolute atomic E-state index is 0.226. The van der Waals surface area contributed by atoms with E-state index in [0.29, 0.717) is 0 Å². The van der Waals surface area contributed by atoms with Crippen LogP contribution in [-0.4, -0.2) is 9.97 Å². The minimum Gasteiger partial charge on any atom is -0.345 e. The fourth-order valence-corrected chi connectivity index (χ4v) is 2.27. The van der Waals surface area contributed by atoms with E-state index in [4.69, 9.17) is 0 Å². The van der Waals surface area contributed by atoms with E-state index < -0.39 is 0 Å². The van der Waals surface area contributed by atoms with Gasteiger partial charge in [-0.25, -0.2) is 4.98 Å². The van der Waals surface area contributed by atoms with Crippen molar-refractivity contribution in [3.63, 3.8) is 0 Å². The molecule has 0 unspecified atom stereocenters. The average Bonchev–Trinajstić information content (AvgIpc) is 2.83. The van der Waals surface area contributed by atoms with Gasteiger partial charge in [0.15, 0.2) is 0 Å². The van der Waals surface area contributed by atoms with Crippen molar-refractivity contribution in [2.45, 2.75) is 64.7 Å². The van der Waals surface area contributed by atoms with Crippen LogP contribution in [0.1, 0.15) is 70.8 Å². The van der Waals surface area contributed by atoms with Crippen LogP contribution in [0.2, 0.25) is 0 Å². The first-order chi connectivity index (χ1) is 8.16. The normalized spacial score (nSPS) is 11.7. The Morgan fingerprint density at radius 2 is 1.88 bits per heavy atom. The molecule has 96 valence electrons. The number of rotatable bonds is 8. The second-order valence-electron chi connectivity index (χ2n) is 5.14. The summed E-state index contributed by atoms with van der Waals surface area (Å²) in [6, 6.07) is 0. The molecule has 1 aromatic heterocycles. The van der Waals surface area contributed by atoms with Crippen LogP contribution in [-0.2, 0) is 5.41 Å². The zero-order valence-electron chi connectivity index (χ0n) is 11.6. The van der Waals surface area contributed by atoms with Gasteiger partial charge < -0.3 is 4.98 Å². The Labute approximate surface area is 106 Å². The van der Waals surface area contributed by atoms with Gasteiger partial charge in [-0.05, 0) is 18.9 Å². The monoisotopic (exact) mass is 234 g/mol. The number of hydrogen-bond acceptors (Lipinski definition) is 1. The standard InChI is InChI=1S/C15H26N2/c1-5-8-10-15(4,11-9-6-2)13-12-16-14(7-3)17-13/h7,12H,3,5-6,8-11H2,1-2,4H3,(H,16,17). The molecule has 1 N–H and O–H groups in total. The topological polar surface area (TPSA) is 28.7 Å². The zero-order chi connectivity index (χ0) is 12.7. The average molecular weight is 234 g/mol. The zero-order valence-corrected chi connectivity index (χ0v) is 11.6. The number of nitrogens with zero attached hydrogens (tertiary/aromatic N) is 1. The minimum atomic E-state index is 0.226. The van der Waals surface area contributed by atoms with Gasteiger partial charge >= 0.3 is 0 Å². The highest BCUT2D eigenvalue weighted by molar-refractivity contribution is 5.37. The molecule has 0 spiro atoms. The number of aromatic amines is 1. The summed E-state index contributed by atoms with van der Waals surface area (Å²) in [5.74, 6) is 0.888. The third kappa shape index (κ3) is 3.72. The predicted octanol–water partition coefficient (Wildman–Crippen LogP) is 4.69. The lowest BCUT2D eigenvalue weighted by Gasteiger charge is -2.27. The molecule has 0 aliphatic heterocycles. The highest BCUT2D eigenvalue weighted by atomic mass is 14.9. The van der Waals surface area contributed by atoms with Crippen molar-refractivity contribution in [2.24, 2.45) is 0 Å². The number of nitrogens with one attached hydrogen (secondary N) is 1. The lowest BCUT2D eigenvalue weighted by atomic mass is 9.78. The fourth-order valence-electron chi connectivity index (χ4n) is 2.27. The van der Waals surface area contributed by atoms with E-state index >= 15 is 0 Å². The largest absolute Gasteiger partial charge is 0.345 e. The summed E-state index contributed by atoms with van der Waals surface area (Å²) in [6.07, 6.45) is 11.3. The number of hydrogen-bond donors (Lipinski definition) is 1. The van der Waals surface area contributed by atoms with Crippen LogP contribution in [0.5, 0.6) is 0 Å². The van der Waals surface area contributed by atoms with Crippen LogP contribution in [0.4, 0.5) is 0 Å². The van der Waals surface area contributed by atoms with Crippen LogP contribution in [0.15, 0.2) is 12.8 Å². The van der Waals surface area contributed by atoms with E-state index in [1.165, 1.54) is 44.2 Å². The second kappa shape index (κ2) is 6.63. The van der Waals surface area contributed by atoms with Gasteiger partial charge in [0.05, 0.1) is 5.69 Å². The summed E-state index contributed by atoms with van der Waals surface area (Å²) >= 11 is 0. The molecule has 2 heteroatoms. The Balaban J connectivity index is 2.83. The molecular weight excluding hydrogens is 208 g/mol. The predicted molar refractivity (Wildman–Crippen MR) is 75.1 cm³/mol. The van der Waals surface area contributed by atoms with Gasteiger partial charge in [0.2, 0.25) is 0 Å². The van der Waals surface area contributed by atoms with Gasteiger partial charge in [-0.3, -0.25) is 0 Å². The van der Waals surface area contributed by atoms with Crippen molar-refractivity contribution in [1.29, 1.82) is 0 Å². The van der Waals surface area contributed by atoms with Crippen LogP contribution in [0.3, 0.4) is 0 Å². The van der Waals surface area contributed by atoms with Crippen molar-refractivity contribution >= 4 is 6.08 Å². The molecule has 1 aromatic rings. The summed E-state index contributed by atoms with van der Waals surface area (Å²) < 4.78 is 0. The van der Waals surface area contributed by atoms with E-state index in [9.17, 15) is 0 Å². The van der Waals surface area contributed by atoms with Crippen molar-refractivity contribution in [1.82, 2.24) is 9.97 Å². The smallest absolute Gasteiger partial charge is 0.129 e. The lowest BCUT2D eigenvalue weighted by molar-refractivity contribution is 0.366. The van der Waals surface area contributed by atoms with Crippen LogP contribution in [0.25, 0.3) is 6.08 Å². The Hall–Kier alpha value is -1.05. The maximum absolute atomic E-state index is 4.63.